The van der Waals surface area contributed by atoms with Crippen molar-refractivity contribution in [3.8, 4) is 11.8 Å². The van der Waals surface area contributed by atoms with Gasteiger partial charge in [-0.2, -0.15) is 13.6 Å². The lowest BCUT2D eigenvalue weighted by atomic mass is 9.96. The van der Waals surface area contributed by atoms with Gasteiger partial charge in [-0.15, -0.1) is 0 Å². The second-order valence-electron chi connectivity index (χ2n) is 5.90. The first-order valence-corrected chi connectivity index (χ1v) is 12.5. The quantitative estimate of drug-likeness (QED) is 0.172. The summed E-state index contributed by atoms with van der Waals surface area (Å²) in [4.78, 5) is 51.1. The van der Waals surface area contributed by atoms with Crippen molar-refractivity contribution in [3.63, 3.8) is 0 Å². The molecule has 1 aliphatic heterocycles. The van der Waals surface area contributed by atoms with Crippen LogP contribution in [0, 0.1) is 11.8 Å². The molecule has 0 spiro atoms. The van der Waals surface area contributed by atoms with E-state index in [4.69, 9.17) is 27.9 Å². The number of aliphatic hydroxyl groups excluding tert-OH is 1. The Morgan fingerprint density at radius 3 is 2.48 bits per heavy atom. The molecule has 16 nitrogen and oxygen atoms in total. The number of ether oxygens (including phenoxy) is 1. The largest absolute Gasteiger partial charge is 0.490 e. The molecule has 7 N–H and O–H groups in total. The van der Waals surface area contributed by atoms with Crippen LogP contribution in [0.4, 0.5) is 14.6 Å². The van der Waals surface area contributed by atoms with E-state index < -0.39 is 66.5 Å². The molecule has 0 aromatic carbocycles. The molecule has 0 bridgehead atoms. The molecule has 0 saturated carbocycles. The number of hydrogen-bond acceptors (Lipinski definition) is 11. The number of nitrogens with zero attached hydrogens (tertiary/aromatic N) is 2. The first-order valence-electron chi connectivity index (χ1n) is 9.01. The number of phosphoric acid groups is 3. The molecule has 6 atom stereocenters. The average Bonchev–Trinajstić information content (AvgIpc) is 2.88. The zero-order valence-corrected chi connectivity index (χ0v) is 18.3. The maximum absolute atomic E-state index is 15.7. The van der Waals surface area contributed by atoms with Crippen molar-refractivity contribution >= 4 is 29.3 Å². The van der Waals surface area contributed by atoms with Crippen LogP contribution >= 0.6 is 23.5 Å². The van der Waals surface area contributed by atoms with Crippen LogP contribution in [0.5, 0.6) is 0 Å². The van der Waals surface area contributed by atoms with Gasteiger partial charge in [-0.1, -0.05) is 11.8 Å². The number of rotatable bonds is 8. The monoisotopic (exact) mass is 543 g/mol. The molecular weight excluding hydrogens is 525 g/mol. The topological polar surface area (TPSA) is 250 Å². The predicted molar refractivity (Wildman–Crippen MR) is 100 cm³/mol. The van der Waals surface area contributed by atoms with Crippen LogP contribution in [0.1, 0.15) is 8.97 Å². The van der Waals surface area contributed by atoms with Gasteiger partial charge in [0.1, 0.15) is 24.7 Å². The van der Waals surface area contributed by atoms with Crippen LogP contribution in [0.15, 0.2) is 17.1 Å². The molecule has 1 fully saturated rings. The minimum Gasteiger partial charge on any atom is -0.386 e. The van der Waals surface area contributed by atoms with E-state index in [2.05, 4.69) is 18.1 Å². The molecule has 1 aromatic rings. The van der Waals surface area contributed by atoms with Gasteiger partial charge >= 0.3 is 29.2 Å². The van der Waals surface area contributed by atoms with Crippen LogP contribution in [0.25, 0.3) is 0 Å². The summed E-state index contributed by atoms with van der Waals surface area (Å²) in [6, 6.07) is 0.966. The Labute approximate surface area is 185 Å². The van der Waals surface area contributed by atoms with E-state index in [0.717, 1.165) is 12.3 Å². The Kier molecular flexibility index (Phi) is 7.41. The van der Waals surface area contributed by atoms with Gasteiger partial charge in [0.15, 0.2) is 6.23 Å². The molecule has 1 aliphatic rings. The summed E-state index contributed by atoms with van der Waals surface area (Å²) < 4.78 is 94.0. The molecule has 1 aromatic heterocycles. The molecule has 1 saturated heterocycles. The molecule has 2 heterocycles. The number of aromatic nitrogens is 2. The van der Waals surface area contributed by atoms with Crippen molar-refractivity contribution in [3.05, 3.63) is 22.7 Å². The molecule has 0 radical (unpaired) electrons. The zero-order chi connectivity index (χ0) is 27.0. The highest BCUT2D eigenvalue weighted by atomic mass is 31.3. The highest BCUT2D eigenvalue weighted by molar-refractivity contribution is 7.66. The van der Waals surface area contributed by atoms with Gasteiger partial charge in [-0.05, 0) is 6.07 Å². The van der Waals surface area contributed by atoms with E-state index in [-0.39, 0.29) is 5.82 Å². The Morgan fingerprint density at radius 1 is 1.30 bits per heavy atom. The third kappa shape index (κ3) is 7.20. The van der Waals surface area contributed by atoms with Crippen LogP contribution < -0.4 is 11.4 Å². The number of halogens is 2. The van der Waals surface area contributed by atoms with Gasteiger partial charge in [0, 0.05) is 6.20 Å². The summed E-state index contributed by atoms with van der Waals surface area (Å²) in [5.41, 5.74) is 0.556. The number of aliphatic hydroxyl groups is 1. The van der Waals surface area contributed by atoms with Gasteiger partial charge in [-0.25, -0.2) is 27.3 Å². The summed E-state index contributed by atoms with van der Waals surface area (Å²) in [5.74, 6) is 2.91. The van der Waals surface area contributed by atoms with Gasteiger partial charge in [0.05, 0.1) is 9.30 Å². The van der Waals surface area contributed by atoms with Crippen LogP contribution in [0.3, 0.4) is 0 Å². The lowest BCUT2D eigenvalue weighted by Crippen LogP contribution is -2.44. The standard InChI is InChI=1S/C12H16F2N3O13P3/c13-4-1-3-12(14)9(18)7(28-10(12)17-5-2-8(15)16-11(17)19)6-27-32(23,24)30-33(25,26)29-31(20,21)22/h2,5,7,9-10,18H,4,6H2,(H,23,24)(H,25,26)(H2,15,16,19)(H2,20,21,22)/t7-,9+,10-,12?/m1/s1/i6D2. The number of phosphoric ester groups is 1. The molecule has 21 heteroatoms. The second-order valence-corrected chi connectivity index (χ2v) is 10.2. The minimum absolute atomic E-state index is 0.330. The average molecular weight is 543 g/mol. The lowest BCUT2D eigenvalue weighted by molar-refractivity contribution is -0.0534. The smallest absolute Gasteiger partial charge is 0.386 e. The highest BCUT2D eigenvalue weighted by Gasteiger charge is 2.58. The number of nitrogens with two attached hydrogens (primary N) is 1. The summed E-state index contributed by atoms with van der Waals surface area (Å²) in [7, 11) is -18.0. The van der Waals surface area contributed by atoms with Crippen molar-refractivity contribution in [2.45, 2.75) is 24.1 Å². The number of hydrogen-bond donors (Lipinski definition) is 6. The van der Waals surface area contributed by atoms with E-state index >= 15 is 4.39 Å². The minimum atomic E-state index is -6.13. The Morgan fingerprint density at radius 2 is 1.94 bits per heavy atom. The fourth-order valence-electron chi connectivity index (χ4n) is 2.36. The first kappa shape index (κ1) is 24.6. The van der Waals surface area contributed by atoms with E-state index in [9.17, 15) is 32.9 Å². The summed E-state index contributed by atoms with van der Waals surface area (Å²) in [5, 5.41) is 10.4. The van der Waals surface area contributed by atoms with Gasteiger partial charge in [0.25, 0.3) is 0 Å². The Balaban J connectivity index is 2.43. The number of anilines is 1. The molecular formula is C12H16F2N3O13P3. The van der Waals surface area contributed by atoms with Crippen molar-refractivity contribution in [2.24, 2.45) is 0 Å². The predicted octanol–water partition coefficient (Wildman–Crippen LogP) is -0.892. The zero-order valence-electron chi connectivity index (χ0n) is 17.7. The van der Waals surface area contributed by atoms with Gasteiger partial charge in [0.2, 0.25) is 5.67 Å². The van der Waals surface area contributed by atoms with Crippen molar-refractivity contribution in [1.29, 1.82) is 0 Å². The van der Waals surface area contributed by atoms with Crippen LogP contribution in [-0.2, 0) is 31.6 Å². The van der Waals surface area contributed by atoms with E-state index in [0.29, 0.717) is 4.57 Å². The summed E-state index contributed by atoms with van der Waals surface area (Å²) in [6.45, 7) is -5.28. The number of nitrogen functional groups attached to an aromatic ring is 1. The van der Waals surface area contributed by atoms with Crippen molar-refractivity contribution in [2.75, 3.05) is 19.0 Å². The normalized spacial score (nSPS) is 30.3. The maximum atomic E-state index is 15.7. The van der Waals surface area contributed by atoms with Gasteiger partial charge in [-0.3, -0.25) is 9.09 Å². The second kappa shape index (κ2) is 9.96. The molecule has 3 unspecified atom stereocenters. The third-order valence-electron chi connectivity index (χ3n) is 3.50. The fraction of sp³-hybridized carbons (Fsp3) is 0.500. The SMILES string of the molecule is [2H]C([2H])(OP(=O)(O)OP(=O)(O)OP(=O)(O)O)[C@H]1O[C@@H](n2ccc(N)nc2=O)C(F)(C#CCF)[C@H]1O. The fourth-order valence-corrected chi connectivity index (χ4v) is 5.24. The Bertz CT molecular complexity index is 1240. The molecule has 186 valence electrons. The van der Waals surface area contributed by atoms with Crippen molar-refractivity contribution in [1.82, 2.24) is 9.55 Å². The molecule has 0 aliphatic carbocycles. The molecule has 33 heavy (non-hydrogen) atoms. The van der Waals surface area contributed by atoms with Crippen molar-refractivity contribution < 1.29 is 67.8 Å². The van der Waals surface area contributed by atoms with Crippen LogP contribution in [0.2, 0.25) is 0 Å². The first-order chi connectivity index (χ1) is 15.7. The molecule has 0 amide bonds. The highest BCUT2D eigenvalue weighted by Crippen LogP contribution is 2.66. The van der Waals surface area contributed by atoms with Gasteiger partial charge < -0.3 is 35.2 Å². The van der Waals surface area contributed by atoms with E-state index in [1.807, 2.05) is 0 Å². The molecule has 2 rings (SSSR count). The Hall–Kier alpha value is -1.57. The third-order valence-corrected chi connectivity index (χ3v) is 7.17. The summed E-state index contributed by atoms with van der Waals surface area (Å²) in [6.07, 6.45) is -7.01. The van der Waals surface area contributed by atoms with E-state index in [1.165, 1.54) is 0 Å². The van der Waals surface area contributed by atoms with Crippen LogP contribution in [-0.4, -0.2) is 65.3 Å². The lowest BCUT2D eigenvalue weighted by Gasteiger charge is -2.24. The van der Waals surface area contributed by atoms with E-state index in [1.54, 1.807) is 11.8 Å². The summed E-state index contributed by atoms with van der Waals surface area (Å²) >= 11 is 0. The number of alkyl halides is 2. The maximum Gasteiger partial charge on any atom is 0.490 e.